The Morgan fingerprint density at radius 3 is 1.23 bits per heavy atom. The van der Waals surface area contributed by atoms with Gasteiger partial charge in [0.2, 0.25) is 5.44 Å². The van der Waals surface area contributed by atoms with E-state index in [1.165, 1.54) is 11.8 Å². The molecule has 3 fully saturated rings. The Balaban J connectivity index is 1.03. The number of rotatable bonds is 24. The minimum absolute atomic E-state index is 0.0331. The molecule has 0 N–H and O–H groups in total. The molecule has 0 radical (unpaired) electrons. The molecule has 0 spiro atoms. The van der Waals surface area contributed by atoms with Crippen LogP contribution in [0.4, 0.5) is 0 Å². The minimum atomic E-state index is -1.18. The van der Waals surface area contributed by atoms with Gasteiger partial charge in [-0.2, -0.15) is 0 Å². The largest absolute Gasteiger partial charge is 0.454 e. The molecular weight excluding hydrogens is 969 g/mol. The molecule has 0 aromatic heterocycles. The zero-order valence-corrected chi connectivity index (χ0v) is 42.3. The first kappa shape index (κ1) is 52.4. The molecule has 0 amide bonds. The van der Waals surface area contributed by atoms with Crippen LogP contribution in [-0.2, 0) is 96.5 Å². The van der Waals surface area contributed by atoms with Gasteiger partial charge >= 0.3 is 5.97 Å². The molecule has 12 nitrogen and oxygen atoms in total. The second-order valence-electron chi connectivity index (χ2n) is 18.5. The van der Waals surface area contributed by atoms with Crippen molar-refractivity contribution >= 4 is 17.7 Å². The van der Waals surface area contributed by atoms with Gasteiger partial charge in [-0.25, -0.2) is 4.79 Å². The Hall–Kier alpha value is -6.04. The van der Waals surface area contributed by atoms with Crippen LogP contribution in [0.1, 0.15) is 33.4 Å². The topological polar surface area (TPSA) is 119 Å². The van der Waals surface area contributed by atoms with Gasteiger partial charge in [0.1, 0.15) is 42.7 Å². The number of ether oxygens (including phenoxy) is 11. The van der Waals surface area contributed by atoms with Gasteiger partial charge in [0.15, 0.2) is 18.7 Å². The molecule has 388 valence electrons. The number of thioether (sulfide) groups is 1. The number of benzene rings is 7. The highest BCUT2D eigenvalue weighted by Gasteiger charge is 2.57. The van der Waals surface area contributed by atoms with Gasteiger partial charge in [0.05, 0.1) is 52.9 Å². The molecule has 0 aliphatic carbocycles. The molecule has 0 bridgehead atoms. The number of esters is 1. The smallest absolute Gasteiger partial charge is 0.346 e. The molecule has 11 atom stereocenters. The van der Waals surface area contributed by atoms with Gasteiger partial charge in [-0.3, -0.25) is 0 Å². The van der Waals surface area contributed by atoms with E-state index in [-0.39, 0.29) is 46.2 Å². The van der Waals surface area contributed by atoms with E-state index in [1.54, 1.807) is 0 Å². The van der Waals surface area contributed by atoms with Gasteiger partial charge in [-0.1, -0.05) is 212 Å². The van der Waals surface area contributed by atoms with Crippen LogP contribution in [-0.4, -0.2) is 86.0 Å². The van der Waals surface area contributed by atoms with Crippen molar-refractivity contribution in [2.75, 3.05) is 13.2 Å². The monoisotopic (exact) mass is 1030 g/mol. The molecule has 13 heteroatoms. The fourth-order valence-electron chi connectivity index (χ4n) is 9.30. The molecule has 7 aromatic carbocycles. The molecule has 0 saturated carbocycles. The summed E-state index contributed by atoms with van der Waals surface area (Å²) in [6.07, 6.45) is -9.24. The van der Waals surface area contributed by atoms with Gasteiger partial charge < -0.3 is 52.1 Å². The number of carbonyl (C=O) groups is 1. The maximum Gasteiger partial charge on any atom is 0.346 e. The Morgan fingerprint density at radius 1 is 0.360 bits per heavy atom. The summed E-state index contributed by atoms with van der Waals surface area (Å²) in [4.78, 5) is 14.9. The van der Waals surface area contributed by atoms with E-state index in [2.05, 4.69) is 0 Å². The second-order valence-corrected chi connectivity index (χ2v) is 19.7. The highest BCUT2D eigenvalue weighted by Crippen LogP contribution is 2.40. The van der Waals surface area contributed by atoms with Crippen molar-refractivity contribution in [1.82, 2.24) is 0 Å². The van der Waals surface area contributed by atoms with E-state index in [0.717, 1.165) is 38.3 Å². The van der Waals surface area contributed by atoms with Crippen molar-refractivity contribution in [1.29, 1.82) is 0 Å². The van der Waals surface area contributed by atoms with Crippen LogP contribution in [0.2, 0.25) is 0 Å². The summed E-state index contributed by atoms with van der Waals surface area (Å²) in [5, 5.41) is 0. The average Bonchev–Trinajstić information content (AvgIpc) is 3.47. The molecule has 3 heterocycles. The number of hydrogen-bond acceptors (Lipinski definition) is 13. The van der Waals surface area contributed by atoms with Gasteiger partial charge in [-0.05, 0) is 45.5 Å². The predicted molar refractivity (Wildman–Crippen MR) is 282 cm³/mol. The van der Waals surface area contributed by atoms with Crippen molar-refractivity contribution in [2.24, 2.45) is 0 Å². The average molecular weight is 1030 g/mol. The zero-order valence-electron chi connectivity index (χ0n) is 41.5. The van der Waals surface area contributed by atoms with Crippen LogP contribution in [0.3, 0.4) is 0 Å². The Labute approximate surface area is 443 Å². The minimum Gasteiger partial charge on any atom is -0.454 e. The normalized spacial score (nSPS) is 25.5. The SMILES string of the molecule is O=C1O[C@@H]2[C@H](O[C@@H]1Sc1ccccc1)[C@@H](OCc1ccccc1)[C@H](O[C@H]1[C@H](OCc3ccccc3)[C@@H](OCc3ccccc3)[C@H](OCc3ccccc3)O[C@@H]1COCc1ccccc1)O[C@@H]2COCc1ccccc1. The van der Waals surface area contributed by atoms with Crippen LogP contribution in [0.5, 0.6) is 0 Å². The second kappa shape index (κ2) is 27.1. The van der Waals surface area contributed by atoms with Crippen LogP contribution < -0.4 is 0 Å². The van der Waals surface area contributed by atoms with Crippen molar-refractivity contribution in [3.8, 4) is 0 Å². The van der Waals surface area contributed by atoms with E-state index in [1.807, 2.05) is 212 Å². The van der Waals surface area contributed by atoms with Crippen LogP contribution in [0, 0.1) is 0 Å². The standard InChI is InChI=1S/C62H62O12S/c63-59-62(75-50-34-20-7-21-35-50)74-56-54(72-59)52(43-65-37-45-24-10-2-11-25-45)71-61(58(56)68-40-48-30-16-5-17-31-48)73-53-51(42-64-36-44-22-8-1-9-23-44)70-60(69-41-49-32-18-6-19-33-49)57(67-39-47-28-14-4-15-29-47)55(53)66-38-46-26-12-3-13-27-46/h1-35,51-58,60-62H,36-43H2/t51-,52-,53-,54+,55+,56+,57-,58-,60-,61+,62-/m1/s1. The summed E-state index contributed by atoms with van der Waals surface area (Å²) in [6, 6.07) is 69.1. The molecule has 7 aromatic rings. The summed E-state index contributed by atoms with van der Waals surface area (Å²) in [6.45, 7) is 1.53. The fourth-order valence-corrected chi connectivity index (χ4v) is 10.2. The Morgan fingerprint density at radius 2 is 0.747 bits per heavy atom. The lowest BCUT2D eigenvalue weighted by Crippen LogP contribution is -2.68. The first-order valence-corrected chi connectivity index (χ1v) is 26.4. The number of carbonyl (C=O) groups excluding carboxylic acids is 1. The van der Waals surface area contributed by atoms with E-state index >= 15 is 0 Å². The third-order valence-corrected chi connectivity index (χ3v) is 14.1. The maximum absolute atomic E-state index is 14.0. The number of hydrogen-bond donors (Lipinski definition) is 0. The Bertz CT molecular complexity index is 2730. The summed E-state index contributed by atoms with van der Waals surface area (Å²) in [5.74, 6) is -0.534. The molecule has 75 heavy (non-hydrogen) atoms. The quantitative estimate of drug-likeness (QED) is 0.0535. The highest BCUT2D eigenvalue weighted by atomic mass is 32.2. The van der Waals surface area contributed by atoms with E-state index < -0.39 is 72.8 Å². The lowest BCUT2D eigenvalue weighted by molar-refractivity contribution is -0.379. The summed E-state index contributed by atoms with van der Waals surface area (Å²) >= 11 is 1.27. The summed E-state index contributed by atoms with van der Waals surface area (Å²) < 4.78 is 75.6. The molecule has 3 aliphatic heterocycles. The fraction of sp³-hybridized carbons (Fsp3) is 0.306. The maximum atomic E-state index is 14.0. The summed E-state index contributed by atoms with van der Waals surface area (Å²) in [7, 11) is 0. The van der Waals surface area contributed by atoms with Crippen molar-refractivity contribution < 1.29 is 56.9 Å². The van der Waals surface area contributed by atoms with Gasteiger partial charge in [0, 0.05) is 4.90 Å². The van der Waals surface area contributed by atoms with Crippen LogP contribution in [0.25, 0.3) is 0 Å². The predicted octanol–water partition coefficient (Wildman–Crippen LogP) is 10.7. The molecule has 10 rings (SSSR count). The molecule has 0 unspecified atom stereocenters. The van der Waals surface area contributed by atoms with Crippen molar-refractivity contribution in [2.45, 2.75) is 111 Å². The molecular formula is C62H62O12S. The van der Waals surface area contributed by atoms with E-state index in [9.17, 15) is 4.79 Å². The summed E-state index contributed by atoms with van der Waals surface area (Å²) in [5.41, 5.74) is 4.70. The lowest BCUT2D eigenvalue weighted by atomic mass is 9.95. The van der Waals surface area contributed by atoms with Crippen molar-refractivity contribution in [3.05, 3.63) is 246 Å². The van der Waals surface area contributed by atoms with Crippen LogP contribution >= 0.6 is 11.8 Å². The third kappa shape index (κ3) is 14.7. The van der Waals surface area contributed by atoms with Crippen LogP contribution in [0.15, 0.2) is 217 Å². The first-order chi connectivity index (χ1) is 37.1. The van der Waals surface area contributed by atoms with E-state index in [4.69, 9.17) is 52.1 Å². The number of fused-ring (bicyclic) bond motifs is 1. The molecule has 3 aliphatic rings. The lowest BCUT2D eigenvalue weighted by Gasteiger charge is -2.51. The van der Waals surface area contributed by atoms with Gasteiger partial charge in [0.25, 0.3) is 0 Å². The highest BCUT2D eigenvalue weighted by molar-refractivity contribution is 8.00. The van der Waals surface area contributed by atoms with Gasteiger partial charge in [-0.15, -0.1) is 0 Å². The zero-order chi connectivity index (χ0) is 50.9. The van der Waals surface area contributed by atoms with Crippen molar-refractivity contribution in [3.63, 3.8) is 0 Å². The molecule has 3 saturated heterocycles. The Kier molecular flexibility index (Phi) is 19.0. The first-order valence-electron chi connectivity index (χ1n) is 25.5. The van der Waals surface area contributed by atoms with E-state index in [0.29, 0.717) is 6.61 Å². The third-order valence-electron chi connectivity index (χ3n) is 13.1.